The first-order chi connectivity index (χ1) is 16.1. The van der Waals surface area contributed by atoms with Gasteiger partial charge in [-0.05, 0) is 53.5 Å². The van der Waals surface area contributed by atoms with Crippen LogP contribution < -0.4 is 0 Å². The fraction of sp³-hybridized carbons (Fsp3) is 0.0769. The lowest BCUT2D eigenvalue weighted by atomic mass is 9.97. The Kier molecular flexibility index (Phi) is 6.24. The van der Waals surface area contributed by atoms with Gasteiger partial charge >= 0.3 is 6.18 Å². The van der Waals surface area contributed by atoms with Crippen LogP contribution in [0.2, 0.25) is 0 Å². The number of rotatable bonds is 4. The SMILES string of the molecule is Cc1cnc(-c2ccc(-c3ccc(-c4cc(F)c(/C=C/C(F)(F)F)c(F)c4)c(F)c3)cc2)nc1. The molecule has 0 atom stereocenters. The monoisotopic (exact) mass is 470 g/mol. The van der Waals surface area contributed by atoms with Crippen molar-refractivity contribution >= 4 is 6.08 Å². The summed E-state index contributed by atoms with van der Waals surface area (Å²) in [5.74, 6) is -2.64. The quantitative estimate of drug-likeness (QED) is 0.285. The van der Waals surface area contributed by atoms with Crippen LogP contribution in [0.15, 0.2) is 73.1 Å². The Morgan fingerprint density at radius 2 is 1.21 bits per heavy atom. The number of aryl methyl sites for hydroxylation is 1. The molecule has 0 N–H and O–H groups in total. The molecule has 0 aliphatic rings. The maximum absolute atomic E-state index is 14.8. The molecule has 4 aromatic rings. The summed E-state index contributed by atoms with van der Waals surface area (Å²) >= 11 is 0. The van der Waals surface area contributed by atoms with E-state index in [4.69, 9.17) is 0 Å². The van der Waals surface area contributed by atoms with E-state index in [0.717, 1.165) is 23.3 Å². The number of benzene rings is 3. The predicted octanol–water partition coefficient (Wildman–Crippen LogP) is 7.78. The zero-order valence-electron chi connectivity index (χ0n) is 17.7. The molecule has 0 saturated carbocycles. The Balaban J connectivity index is 1.61. The second-order valence-corrected chi connectivity index (χ2v) is 7.58. The van der Waals surface area contributed by atoms with Gasteiger partial charge in [0.05, 0.1) is 0 Å². The molecule has 3 aromatic carbocycles. The molecule has 4 rings (SSSR count). The zero-order valence-corrected chi connectivity index (χ0v) is 17.7. The third-order valence-electron chi connectivity index (χ3n) is 5.06. The van der Waals surface area contributed by atoms with Crippen LogP contribution in [0.3, 0.4) is 0 Å². The summed E-state index contributed by atoms with van der Waals surface area (Å²) in [7, 11) is 0. The van der Waals surface area contributed by atoms with Gasteiger partial charge in [-0.25, -0.2) is 23.1 Å². The molecule has 0 unspecified atom stereocenters. The average Bonchev–Trinajstić information content (AvgIpc) is 2.78. The van der Waals surface area contributed by atoms with E-state index >= 15 is 0 Å². The maximum atomic E-state index is 14.8. The largest absolute Gasteiger partial charge is 0.409 e. The Labute approximate surface area is 191 Å². The van der Waals surface area contributed by atoms with Crippen molar-refractivity contribution in [3.05, 3.63) is 102 Å². The van der Waals surface area contributed by atoms with Crippen LogP contribution in [0.25, 0.3) is 39.7 Å². The summed E-state index contributed by atoms with van der Waals surface area (Å²) in [6.07, 6.45) is -1.27. The molecule has 0 aliphatic carbocycles. The van der Waals surface area contributed by atoms with Crippen molar-refractivity contribution in [3.63, 3.8) is 0 Å². The molecule has 172 valence electrons. The molecule has 1 aromatic heterocycles. The maximum Gasteiger partial charge on any atom is 0.409 e. The highest BCUT2D eigenvalue weighted by atomic mass is 19.4. The Morgan fingerprint density at radius 3 is 1.76 bits per heavy atom. The van der Waals surface area contributed by atoms with Gasteiger partial charge in [-0.15, -0.1) is 0 Å². The minimum absolute atomic E-state index is 0.0856. The molecule has 0 amide bonds. The summed E-state index contributed by atoms with van der Waals surface area (Å²) in [6.45, 7) is 1.88. The highest BCUT2D eigenvalue weighted by Crippen LogP contribution is 2.31. The minimum Gasteiger partial charge on any atom is -0.236 e. The smallest absolute Gasteiger partial charge is 0.236 e. The van der Waals surface area contributed by atoms with Crippen LogP contribution in [0.1, 0.15) is 11.1 Å². The number of hydrogen-bond donors (Lipinski definition) is 0. The molecule has 0 aliphatic heterocycles. The van der Waals surface area contributed by atoms with Crippen LogP contribution in [-0.2, 0) is 0 Å². The van der Waals surface area contributed by atoms with Crippen LogP contribution in [0.4, 0.5) is 26.3 Å². The van der Waals surface area contributed by atoms with Gasteiger partial charge in [0.15, 0.2) is 5.82 Å². The third kappa shape index (κ3) is 5.17. The van der Waals surface area contributed by atoms with E-state index in [1.54, 1.807) is 42.7 Å². The zero-order chi connectivity index (χ0) is 24.5. The molecule has 0 radical (unpaired) electrons. The van der Waals surface area contributed by atoms with Crippen molar-refractivity contribution in [1.82, 2.24) is 9.97 Å². The summed E-state index contributed by atoms with van der Waals surface area (Å²) < 4.78 is 80.3. The predicted molar refractivity (Wildman–Crippen MR) is 118 cm³/mol. The molecule has 2 nitrogen and oxygen atoms in total. The fourth-order valence-electron chi connectivity index (χ4n) is 3.36. The molecule has 0 bridgehead atoms. The third-order valence-corrected chi connectivity index (χ3v) is 5.06. The summed E-state index contributed by atoms with van der Waals surface area (Å²) in [4.78, 5) is 8.52. The van der Waals surface area contributed by atoms with Crippen molar-refractivity contribution in [3.8, 4) is 33.6 Å². The summed E-state index contributed by atoms with van der Waals surface area (Å²) in [6, 6.07) is 12.9. The second kappa shape index (κ2) is 9.13. The molecule has 0 saturated heterocycles. The Bertz CT molecular complexity index is 1330. The first-order valence-electron chi connectivity index (χ1n) is 10.0. The molecule has 8 heteroatoms. The van der Waals surface area contributed by atoms with Gasteiger partial charge in [-0.3, -0.25) is 0 Å². The number of aromatic nitrogens is 2. The van der Waals surface area contributed by atoms with Gasteiger partial charge in [0.25, 0.3) is 0 Å². The van der Waals surface area contributed by atoms with E-state index in [-0.39, 0.29) is 17.2 Å². The number of nitrogens with zero attached hydrogens (tertiary/aromatic N) is 2. The van der Waals surface area contributed by atoms with E-state index in [1.807, 2.05) is 6.92 Å². The fourth-order valence-corrected chi connectivity index (χ4v) is 3.36. The molecule has 0 fully saturated rings. The average molecular weight is 470 g/mol. The summed E-state index contributed by atoms with van der Waals surface area (Å²) in [5, 5.41) is 0. The van der Waals surface area contributed by atoms with Gasteiger partial charge < -0.3 is 0 Å². The van der Waals surface area contributed by atoms with Crippen LogP contribution in [0.5, 0.6) is 0 Å². The van der Waals surface area contributed by atoms with E-state index in [1.165, 1.54) is 12.1 Å². The standard InChI is InChI=1S/C26H16F6N2/c1-15-13-33-25(34-14-15)17-4-2-16(3-5-17)18-6-7-20(22(27)10-18)19-11-23(28)21(24(29)12-19)8-9-26(30,31)32/h2-14H,1H3/b9-8+. The Morgan fingerprint density at radius 1 is 0.676 bits per heavy atom. The number of hydrogen-bond acceptors (Lipinski definition) is 2. The second-order valence-electron chi connectivity index (χ2n) is 7.58. The number of allylic oxidation sites excluding steroid dienone is 1. The molecular formula is C26H16F6N2. The van der Waals surface area contributed by atoms with E-state index in [9.17, 15) is 26.3 Å². The van der Waals surface area contributed by atoms with Gasteiger partial charge in [0.2, 0.25) is 0 Å². The molecule has 34 heavy (non-hydrogen) atoms. The van der Waals surface area contributed by atoms with Gasteiger partial charge in [0, 0.05) is 35.2 Å². The van der Waals surface area contributed by atoms with Crippen LogP contribution >= 0.6 is 0 Å². The molecule has 0 spiro atoms. The van der Waals surface area contributed by atoms with Gasteiger partial charge in [0.1, 0.15) is 17.5 Å². The normalized spacial score (nSPS) is 11.9. The molecular weight excluding hydrogens is 454 g/mol. The lowest BCUT2D eigenvalue weighted by Gasteiger charge is -2.10. The van der Waals surface area contributed by atoms with Crippen molar-refractivity contribution in [2.75, 3.05) is 0 Å². The Hall–Kier alpha value is -3.94. The van der Waals surface area contributed by atoms with Crippen molar-refractivity contribution in [2.24, 2.45) is 0 Å². The van der Waals surface area contributed by atoms with Crippen molar-refractivity contribution < 1.29 is 26.3 Å². The highest BCUT2D eigenvalue weighted by molar-refractivity contribution is 5.73. The number of halogens is 6. The van der Waals surface area contributed by atoms with E-state index in [2.05, 4.69) is 9.97 Å². The highest BCUT2D eigenvalue weighted by Gasteiger charge is 2.23. The van der Waals surface area contributed by atoms with Gasteiger partial charge in [-0.1, -0.05) is 36.4 Å². The van der Waals surface area contributed by atoms with Crippen LogP contribution in [0, 0.1) is 24.4 Å². The van der Waals surface area contributed by atoms with Gasteiger partial charge in [-0.2, -0.15) is 13.2 Å². The number of alkyl halides is 3. The van der Waals surface area contributed by atoms with E-state index in [0.29, 0.717) is 23.0 Å². The minimum atomic E-state index is -4.72. The van der Waals surface area contributed by atoms with Crippen LogP contribution in [-0.4, -0.2) is 16.1 Å². The molecule has 1 heterocycles. The first kappa shape index (κ1) is 23.2. The first-order valence-corrected chi connectivity index (χ1v) is 10.0. The van der Waals surface area contributed by atoms with E-state index < -0.39 is 29.2 Å². The summed E-state index contributed by atoms with van der Waals surface area (Å²) in [5.41, 5.74) is 1.88. The lowest BCUT2D eigenvalue weighted by Crippen LogP contribution is -2.01. The van der Waals surface area contributed by atoms with Crippen molar-refractivity contribution in [1.29, 1.82) is 0 Å². The lowest BCUT2D eigenvalue weighted by molar-refractivity contribution is -0.0790. The van der Waals surface area contributed by atoms with Crippen molar-refractivity contribution in [2.45, 2.75) is 13.1 Å². The topological polar surface area (TPSA) is 25.8 Å².